The van der Waals surface area contributed by atoms with Gasteiger partial charge < -0.3 is 29.3 Å². The summed E-state index contributed by atoms with van der Waals surface area (Å²) in [5, 5.41) is 6.64. The number of pyridine rings is 2. The Balaban J connectivity index is 1.20. The molecule has 42 heavy (non-hydrogen) atoms. The fourth-order valence-electron chi connectivity index (χ4n) is 4.79. The van der Waals surface area contributed by atoms with E-state index in [0.717, 1.165) is 60.6 Å². The Morgan fingerprint density at radius 1 is 1.07 bits per heavy atom. The molecule has 0 saturated carbocycles. The predicted molar refractivity (Wildman–Crippen MR) is 162 cm³/mol. The Bertz CT molecular complexity index is 1630. The van der Waals surface area contributed by atoms with Gasteiger partial charge in [0, 0.05) is 63.5 Å². The van der Waals surface area contributed by atoms with Gasteiger partial charge in [0.05, 0.1) is 29.9 Å². The molecule has 0 saturated heterocycles. The van der Waals surface area contributed by atoms with E-state index in [1.807, 2.05) is 0 Å². The highest BCUT2D eigenvalue weighted by molar-refractivity contribution is 5.84. The number of imidazole rings is 1. The summed E-state index contributed by atoms with van der Waals surface area (Å²) in [5.41, 5.74) is 4.79. The SMILES string of the molecule is CCCOc1cc2c(cc1C)nc(CCNCCc1nc3c(NCc4ncccc4F)nccc3o1)n2CCN(C)C. The van der Waals surface area contributed by atoms with E-state index < -0.39 is 0 Å². The molecule has 0 aliphatic heterocycles. The molecule has 222 valence electrons. The fourth-order valence-corrected chi connectivity index (χ4v) is 4.79. The number of hydrogen-bond donors (Lipinski definition) is 2. The summed E-state index contributed by atoms with van der Waals surface area (Å²) in [5.74, 6) is 2.77. The molecule has 0 unspecified atom stereocenters. The summed E-state index contributed by atoms with van der Waals surface area (Å²) >= 11 is 0. The summed E-state index contributed by atoms with van der Waals surface area (Å²) in [4.78, 5) is 20.3. The highest BCUT2D eigenvalue weighted by Crippen LogP contribution is 2.27. The molecule has 0 atom stereocenters. The van der Waals surface area contributed by atoms with Crippen molar-refractivity contribution in [1.29, 1.82) is 0 Å². The minimum Gasteiger partial charge on any atom is -0.493 e. The minimum absolute atomic E-state index is 0.203. The number of nitrogens with zero attached hydrogens (tertiary/aromatic N) is 6. The van der Waals surface area contributed by atoms with Crippen molar-refractivity contribution in [2.45, 2.75) is 46.2 Å². The molecule has 0 spiro atoms. The van der Waals surface area contributed by atoms with Gasteiger partial charge >= 0.3 is 0 Å². The maximum absolute atomic E-state index is 14.0. The molecule has 5 rings (SSSR count). The first-order valence-corrected chi connectivity index (χ1v) is 14.5. The molecule has 5 aromatic rings. The number of halogens is 1. The average molecular weight is 575 g/mol. The lowest BCUT2D eigenvalue weighted by atomic mass is 10.2. The first kappa shape index (κ1) is 29.4. The molecule has 0 bridgehead atoms. The Morgan fingerprint density at radius 3 is 2.74 bits per heavy atom. The molecule has 0 fully saturated rings. The number of ether oxygens (including phenoxy) is 1. The standard InChI is InChI=1S/C31H39FN8O2/c1-5-17-41-27-19-25-23(18-21(27)2)37-28(40(25)16-15-39(3)4)9-12-33-13-10-29-38-30-26(42-29)8-14-35-31(30)36-20-24-22(32)7-6-11-34-24/h6-8,11,14,18-19,33H,5,9-10,12-13,15-17,20H2,1-4H3,(H,35,36). The Labute approximate surface area is 245 Å². The van der Waals surface area contributed by atoms with Crippen molar-refractivity contribution in [2.75, 3.05) is 45.7 Å². The van der Waals surface area contributed by atoms with Crippen molar-refractivity contribution in [3.63, 3.8) is 0 Å². The van der Waals surface area contributed by atoms with Crippen LogP contribution in [0.1, 0.15) is 36.3 Å². The van der Waals surface area contributed by atoms with Gasteiger partial charge in [0.15, 0.2) is 22.8 Å². The quantitative estimate of drug-likeness (QED) is 0.171. The first-order valence-electron chi connectivity index (χ1n) is 14.5. The van der Waals surface area contributed by atoms with Crippen LogP contribution in [0.3, 0.4) is 0 Å². The molecule has 0 radical (unpaired) electrons. The molecular formula is C31H39FN8O2. The molecule has 2 N–H and O–H groups in total. The molecular weight excluding hydrogens is 535 g/mol. The van der Waals surface area contributed by atoms with Crippen LogP contribution in [0, 0.1) is 12.7 Å². The number of likely N-dealkylation sites (N-methyl/N-ethyl adjacent to an activating group) is 1. The van der Waals surface area contributed by atoms with Crippen LogP contribution < -0.4 is 15.4 Å². The van der Waals surface area contributed by atoms with Crippen LogP contribution in [0.25, 0.3) is 22.1 Å². The molecule has 1 aromatic carbocycles. The van der Waals surface area contributed by atoms with Crippen LogP contribution >= 0.6 is 0 Å². The highest BCUT2D eigenvalue weighted by atomic mass is 19.1. The van der Waals surface area contributed by atoms with E-state index in [2.05, 4.69) is 75.1 Å². The van der Waals surface area contributed by atoms with Crippen molar-refractivity contribution < 1.29 is 13.5 Å². The zero-order valence-electron chi connectivity index (χ0n) is 24.8. The van der Waals surface area contributed by atoms with Crippen molar-refractivity contribution in [3.05, 3.63) is 71.5 Å². The molecule has 4 heterocycles. The van der Waals surface area contributed by atoms with Gasteiger partial charge in [-0.05, 0) is 51.2 Å². The lowest BCUT2D eigenvalue weighted by molar-refractivity contribution is 0.315. The number of anilines is 1. The number of nitrogens with one attached hydrogen (secondary N) is 2. The lowest BCUT2D eigenvalue weighted by Crippen LogP contribution is -2.23. The smallest absolute Gasteiger partial charge is 0.196 e. The van der Waals surface area contributed by atoms with Crippen LogP contribution in [-0.2, 0) is 25.9 Å². The summed E-state index contributed by atoms with van der Waals surface area (Å²) in [6.07, 6.45) is 5.60. The van der Waals surface area contributed by atoms with E-state index in [1.54, 1.807) is 24.5 Å². The zero-order valence-corrected chi connectivity index (χ0v) is 24.8. The second-order valence-corrected chi connectivity index (χ2v) is 10.6. The molecule has 0 amide bonds. The predicted octanol–water partition coefficient (Wildman–Crippen LogP) is 4.75. The molecule has 0 aliphatic carbocycles. The molecule has 0 aliphatic rings. The maximum atomic E-state index is 14.0. The summed E-state index contributed by atoms with van der Waals surface area (Å²) in [6, 6.07) is 9.00. The lowest BCUT2D eigenvalue weighted by Gasteiger charge is -2.14. The van der Waals surface area contributed by atoms with Gasteiger partial charge in [-0.1, -0.05) is 6.92 Å². The second kappa shape index (κ2) is 13.7. The molecule has 10 nitrogen and oxygen atoms in total. The fraction of sp³-hybridized carbons (Fsp3) is 0.419. The largest absolute Gasteiger partial charge is 0.493 e. The van der Waals surface area contributed by atoms with Gasteiger partial charge in [-0.15, -0.1) is 0 Å². The van der Waals surface area contributed by atoms with Crippen LogP contribution in [0.4, 0.5) is 10.2 Å². The van der Waals surface area contributed by atoms with Crippen LogP contribution in [0.5, 0.6) is 5.75 Å². The third-order valence-electron chi connectivity index (χ3n) is 7.01. The summed E-state index contributed by atoms with van der Waals surface area (Å²) < 4.78 is 28.2. The monoisotopic (exact) mass is 574 g/mol. The number of benzene rings is 1. The molecule has 4 aromatic heterocycles. The van der Waals surface area contributed by atoms with Crippen molar-refractivity contribution in [3.8, 4) is 5.75 Å². The Morgan fingerprint density at radius 2 is 1.93 bits per heavy atom. The van der Waals surface area contributed by atoms with Gasteiger partial charge in [-0.25, -0.2) is 19.3 Å². The van der Waals surface area contributed by atoms with Gasteiger partial charge in [0.1, 0.15) is 17.4 Å². The number of aryl methyl sites for hydroxylation is 1. The van der Waals surface area contributed by atoms with Gasteiger partial charge in [-0.3, -0.25) is 4.98 Å². The first-order chi connectivity index (χ1) is 20.4. The van der Waals surface area contributed by atoms with Crippen molar-refractivity contribution >= 4 is 28.0 Å². The van der Waals surface area contributed by atoms with Gasteiger partial charge in [0.25, 0.3) is 0 Å². The van der Waals surface area contributed by atoms with Gasteiger partial charge in [0.2, 0.25) is 0 Å². The second-order valence-electron chi connectivity index (χ2n) is 10.6. The van der Waals surface area contributed by atoms with Crippen molar-refractivity contribution in [2.24, 2.45) is 0 Å². The average Bonchev–Trinajstić information content (AvgIpc) is 3.54. The number of hydrogen-bond acceptors (Lipinski definition) is 9. The van der Waals surface area contributed by atoms with E-state index in [1.165, 1.54) is 6.07 Å². The number of rotatable bonds is 15. The maximum Gasteiger partial charge on any atom is 0.196 e. The normalized spacial score (nSPS) is 11.7. The van der Waals surface area contributed by atoms with Gasteiger partial charge in [-0.2, -0.15) is 0 Å². The summed E-state index contributed by atoms with van der Waals surface area (Å²) in [7, 11) is 4.17. The third-order valence-corrected chi connectivity index (χ3v) is 7.01. The Kier molecular flexibility index (Phi) is 9.60. The number of aromatic nitrogens is 5. The highest BCUT2D eigenvalue weighted by Gasteiger charge is 2.15. The van der Waals surface area contributed by atoms with E-state index in [4.69, 9.17) is 14.1 Å². The van der Waals surface area contributed by atoms with E-state index in [-0.39, 0.29) is 12.4 Å². The number of fused-ring (bicyclic) bond motifs is 2. The third kappa shape index (κ3) is 7.03. The minimum atomic E-state index is -0.363. The Hall–Kier alpha value is -4.09. The van der Waals surface area contributed by atoms with E-state index >= 15 is 0 Å². The summed E-state index contributed by atoms with van der Waals surface area (Å²) in [6.45, 7) is 8.35. The van der Waals surface area contributed by atoms with E-state index in [9.17, 15) is 4.39 Å². The topological polar surface area (TPSA) is 106 Å². The van der Waals surface area contributed by atoms with Crippen LogP contribution in [-0.4, -0.2) is 69.7 Å². The van der Waals surface area contributed by atoms with Crippen molar-refractivity contribution in [1.82, 2.24) is 34.7 Å². The zero-order chi connectivity index (χ0) is 29.5. The van der Waals surface area contributed by atoms with E-state index in [0.29, 0.717) is 48.1 Å². The number of oxazole rings is 1. The van der Waals surface area contributed by atoms with Crippen LogP contribution in [0.15, 0.2) is 47.1 Å². The molecule has 11 heteroatoms. The van der Waals surface area contributed by atoms with Crippen LogP contribution in [0.2, 0.25) is 0 Å².